The Hall–Kier alpha value is -2.57. The van der Waals surface area contributed by atoms with Crippen molar-refractivity contribution >= 4 is 27.7 Å². The van der Waals surface area contributed by atoms with Crippen LogP contribution < -0.4 is 15.5 Å². The van der Waals surface area contributed by atoms with Crippen LogP contribution in [-0.4, -0.2) is 90.4 Å². The molecule has 5 heterocycles. The predicted molar refractivity (Wildman–Crippen MR) is 121 cm³/mol. The quantitative estimate of drug-likeness (QED) is 0.672. The molecule has 0 aliphatic carbocycles. The molecule has 2 aromatic heterocycles. The molecule has 0 amide bonds. The van der Waals surface area contributed by atoms with Crippen LogP contribution in [0.1, 0.15) is 18.9 Å². The van der Waals surface area contributed by atoms with Crippen molar-refractivity contribution in [3.63, 3.8) is 0 Å². The van der Waals surface area contributed by atoms with Crippen LogP contribution in [0, 0.1) is 0 Å². The second-order valence-electron chi connectivity index (χ2n) is 8.85. The topological polar surface area (TPSA) is 131 Å². The van der Waals surface area contributed by atoms with Gasteiger partial charge in [-0.1, -0.05) is 0 Å². The van der Waals surface area contributed by atoms with Crippen LogP contribution in [0.15, 0.2) is 12.4 Å². The molecule has 0 aromatic carbocycles. The van der Waals surface area contributed by atoms with Crippen molar-refractivity contribution in [2.75, 3.05) is 67.7 Å². The summed E-state index contributed by atoms with van der Waals surface area (Å²) in [6, 6.07) is 0. The Morgan fingerprint density at radius 1 is 1.09 bits per heavy atom. The lowest BCUT2D eigenvalue weighted by molar-refractivity contribution is 0.122. The maximum absolute atomic E-state index is 12.1. The van der Waals surface area contributed by atoms with Gasteiger partial charge >= 0.3 is 0 Å². The molecule has 0 radical (unpaired) electrons. The van der Waals surface area contributed by atoms with Crippen LogP contribution in [0.4, 0.5) is 17.7 Å². The molecular formula is C20H28N8O3S. The number of nitrogen functional groups attached to an aromatic ring is 1. The van der Waals surface area contributed by atoms with Gasteiger partial charge in [0.15, 0.2) is 0 Å². The Morgan fingerprint density at radius 2 is 1.81 bits per heavy atom. The van der Waals surface area contributed by atoms with Gasteiger partial charge in [0.2, 0.25) is 21.9 Å². The lowest BCUT2D eigenvalue weighted by Crippen LogP contribution is -2.48. The van der Waals surface area contributed by atoms with E-state index in [1.54, 1.807) is 16.7 Å². The number of ether oxygens (including phenoxy) is 1. The molecule has 5 rings (SSSR count). The highest BCUT2D eigenvalue weighted by molar-refractivity contribution is 7.88. The molecular weight excluding hydrogens is 432 g/mol. The van der Waals surface area contributed by atoms with E-state index in [2.05, 4.69) is 26.7 Å². The van der Waals surface area contributed by atoms with Gasteiger partial charge in [0, 0.05) is 56.2 Å². The zero-order valence-corrected chi connectivity index (χ0v) is 19.2. The Kier molecular flexibility index (Phi) is 5.18. The largest absolute Gasteiger partial charge is 0.378 e. The number of aromatic nitrogens is 4. The van der Waals surface area contributed by atoms with Crippen molar-refractivity contribution in [2.24, 2.45) is 0 Å². The Morgan fingerprint density at radius 3 is 2.47 bits per heavy atom. The molecule has 0 saturated carbocycles. The first-order chi connectivity index (χ1) is 15.2. The summed E-state index contributed by atoms with van der Waals surface area (Å²) < 4.78 is 31.4. The summed E-state index contributed by atoms with van der Waals surface area (Å²) in [7, 11) is -3.24. The molecule has 3 aliphatic rings. The minimum atomic E-state index is -3.24. The minimum absolute atomic E-state index is 0.216. The number of rotatable bonds is 4. The zero-order valence-electron chi connectivity index (χ0n) is 18.4. The molecule has 3 aliphatic heterocycles. The fourth-order valence-corrected chi connectivity index (χ4v) is 5.72. The molecule has 172 valence electrons. The number of anilines is 3. The summed E-state index contributed by atoms with van der Waals surface area (Å²) in [6.07, 6.45) is 6.18. The third kappa shape index (κ3) is 3.76. The van der Waals surface area contributed by atoms with Crippen molar-refractivity contribution < 1.29 is 13.2 Å². The van der Waals surface area contributed by atoms with Gasteiger partial charge in [-0.25, -0.2) is 23.4 Å². The van der Waals surface area contributed by atoms with Crippen LogP contribution in [-0.2, 0) is 21.2 Å². The zero-order chi connectivity index (χ0) is 22.5. The molecule has 0 unspecified atom stereocenters. The summed E-state index contributed by atoms with van der Waals surface area (Å²) in [5.41, 5.74) is 8.00. The average molecular weight is 461 g/mol. The lowest BCUT2D eigenvalue weighted by Gasteiger charge is -2.37. The molecule has 32 heavy (non-hydrogen) atoms. The first-order valence-electron chi connectivity index (χ1n) is 10.8. The van der Waals surface area contributed by atoms with Crippen LogP contribution >= 0.6 is 0 Å². The van der Waals surface area contributed by atoms with Crippen molar-refractivity contribution in [2.45, 2.75) is 25.3 Å². The van der Waals surface area contributed by atoms with Crippen LogP contribution in [0.5, 0.6) is 0 Å². The summed E-state index contributed by atoms with van der Waals surface area (Å²) >= 11 is 0. The van der Waals surface area contributed by atoms with Crippen molar-refractivity contribution in [3.05, 3.63) is 18.0 Å². The number of nitrogens with zero attached hydrogens (tertiary/aromatic N) is 7. The summed E-state index contributed by atoms with van der Waals surface area (Å²) in [5.74, 6) is 1.73. The van der Waals surface area contributed by atoms with E-state index in [-0.39, 0.29) is 11.5 Å². The average Bonchev–Trinajstić information content (AvgIpc) is 3.39. The molecule has 2 saturated heterocycles. The maximum atomic E-state index is 12.1. The van der Waals surface area contributed by atoms with E-state index < -0.39 is 10.0 Å². The monoisotopic (exact) mass is 460 g/mol. The van der Waals surface area contributed by atoms with Crippen molar-refractivity contribution in [1.29, 1.82) is 0 Å². The van der Waals surface area contributed by atoms with Gasteiger partial charge in [-0.05, 0) is 19.8 Å². The molecule has 0 spiro atoms. The van der Waals surface area contributed by atoms with E-state index in [0.29, 0.717) is 32.3 Å². The predicted octanol–water partition coefficient (Wildman–Crippen LogP) is 0.139. The lowest BCUT2D eigenvalue weighted by atomic mass is 9.99. The minimum Gasteiger partial charge on any atom is -0.378 e. The van der Waals surface area contributed by atoms with E-state index >= 15 is 0 Å². The fourth-order valence-electron chi connectivity index (χ4n) is 4.78. The van der Waals surface area contributed by atoms with Gasteiger partial charge in [0.05, 0.1) is 30.7 Å². The third-order valence-corrected chi connectivity index (χ3v) is 7.84. The maximum Gasteiger partial charge on any atom is 0.228 e. The number of hydrogen-bond acceptors (Lipinski definition) is 10. The van der Waals surface area contributed by atoms with E-state index in [0.717, 1.165) is 55.1 Å². The van der Waals surface area contributed by atoms with Crippen LogP contribution in [0.25, 0.3) is 11.3 Å². The Balaban J connectivity index is 1.58. The molecule has 1 atom stereocenters. The van der Waals surface area contributed by atoms with Gasteiger partial charge in [0.1, 0.15) is 5.82 Å². The highest BCUT2D eigenvalue weighted by Crippen LogP contribution is 2.41. The third-order valence-electron chi connectivity index (χ3n) is 6.59. The summed E-state index contributed by atoms with van der Waals surface area (Å²) in [6.45, 7) is 6.54. The number of morpholine rings is 1. The van der Waals surface area contributed by atoms with E-state index in [4.69, 9.17) is 20.4 Å². The van der Waals surface area contributed by atoms with Gasteiger partial charge < -0.3 is 20.3 Å². The fraction of sp³-hybridized carbons (Fsp3) is 0.600. The van der Waals surface area contributed by atoms with E-state index in [9.17, 15) is 8.42 Å². The molecule has 2 aromatic rings. The molecule has 11 nitrogen and oxygen atoms in total. The number of nitrogens with two attached hydrogens (primary N) is 1. The molecule has 2 fully saturated rings. The van der Waals surface area contributed by atoms with Crippen LogP contribution in [0.2, 0.25) is 0 Å². The van der Waals surface area contributed by atoms with Gasteiger partial charge in [-0.2, -0.15) is 9.29 Å². The first kappa shape index (κ1) is 21.3. The van der Waals surface area contributed by atoms with Gasteiger partial charge in [0.25, 0.3) is 0 Å². The second kappa shape index (κ2) is 7.78. The standard InChI is InChI=1S/C20H28N8O3S/c1-20(4-6-27(13-20)32(2,29)30)28-5-3-15-16(14-11-22-18(21)23-12-14)24-19(25-17(15)28)26-7-9-31-10-8-26/h11-12H,3-10,13H2,1-2H3,(H2,21,22,23)/t20-/m0/s1. The Labute approximate surface area is 187 Å². The second-order valence-corrected chi connectivity index (χ2v) is 10.8. The number of sulfonamides is 1. The number of hydrogen-bond donors (Lipinski definition) is 1. The SMILES string of the molecule is C[C@]1(N2CCc3c(-c4cnc(N)nc4)nc(N4CCOCC4)nc32)CCN(S(C)(=O)=O)C1. The Bertz CT molecular complexity index is 1120. The summed E-state index contributed by atoms with van der Waals surface area (Å²) in [5, 5.41) is 0. The van der Waals surface area contributed by atoms with Crippen molar-refractivity contribution in [3.8, 4) is 11.3 Å². The molecule has 2 N–H and O–H groups in total. The first-order valence-corrected chi connectivity index (χ1v) is 12.6. The molecule has 12 heteroatoms. The number of fused-ring (bicyclic) bond motifs is 1. The van der Waals surface area contributed by atoms with Gasteiger partial charge in [-0.15, -0.1) is 0 Å². The summed E-state index contributed by atoms with van der Waals surface area (Å²) in [4.78, 5) is 22.6. The highest BCUT2D eigenvalue weighted by atomic mass is 32.2. The smallest absolute Gasteiger partial charge is 0.228 e. The molecule has 0 bridgehead atoms. The highest BCUT2D eigenvalue weighted by Gasteiger charge is 2.45. The van der Waals surface area contributed by atoms with Crippen LogP contribution in [0.3, 0.4) is 0 Å². The van der Waals surface area contributed by atoms with E-state index in [1.807, 2.05) is 0 Å². The van der Waals surface area contributed by atoms with E-state index in [1.165, 1.54) is 6.26 Å². The van der Waals surface area contributed by atoms with Gasteiger partial charge in [-0.3, -0.25) is 0 Å². The normalized spacial score (nSPS) is 24.2. The van der Waals surface area contributed by atoms with Crippen molar-refractivity contribution in [1.82, 2.24) is 24.2 Å².